The molecule has 42 heavy (non-hydrogen) atoms. The molecule has 1 unspecified atom stereocenters. The largest absolute Gasteiger partial charge is 0.497 e. The summed E-state index contributed by atoms with van der Waals surface area (Å²) in [5.74, 6) is 0.854. The molecule has 2 aromatic heterocycles. The molecule has 0 aliphatic heterocycles. The molecule has 2 amide bonds. The van der Waals surface area contributed by atoms with Crippen LogP contribution in [0.3, 0.4) is 0 Å². The highest BCUT2D eigenvalue weighted by Crippen LogP contribution is 2.29. The fourth-order valence-electron chi connectivity index (χ4n) is 4.61. The number of hydrogen-bond acceptors (Lipinski definition) is 8. The summed E-state index contributed by atoms with van der Waals surface area (Å²) in [7, 11) is 3.21. The van der Waals surface area contributed by atoms with Crippen LogP contribution >= 0.6 is 11.3 Å². The molecular weight excluding hydrogens is 552 g/mol. The molecule has 2 heterocycles. The number of nitrogens with zero attached hydrogens (tertiary/aromatic N) is 5. The van der Waals surface area contributed by atoms with Crippen LogP contribution in [-0.2, 0) is 22.7 Å². The third-order valence-corrected chi connectivity index (χ3v) is 8.19. The van der Waals surface area contributed by atoms with Crippen LogP contribution in [0.4, 0.5) is 5.69 Å². The molecule has 3 aromatic carbocycles. The molecule has 0 radical (unpaired) electrons. The van der Waals surface area contributed by atoms with Gasteiger partial charge in [0.2, 0.25) is 11.8 Å². The van der Waals surface area contributed by atoms with Crippen molar-refractivity contribution in [2.24, 2.45) is 0 Å². The van der Waals surface area contributed by atoms with E-state index in [9.17, 15) is 9.59 Å². The molecule has 1 atom stereocenters. The van der Waals surface area contributed by atoms with Gasteiger partial charge in [-0.15, -0.1) is 16.4 Å². The van der Waals surface area contributed by atoms with Gasteiger partial charge in [0, 0.05) is 16.6 Å². The van der Waals surface area contributed by atoms with Gasteiger partial charge in [-0.1, -0.05) is 24.3 Å². The van der Waals surface area contributed by atoms with E-state index in [4.69, 9.17) is 14.5 Å². The van der Waals surface area contributed by atoms with Gasteiger partial charge >= 0.3 is 0 Å². The van der Waals surface area contributed by atoms with Gasteiger partial charge in [0.25, 0.3) is 0 Å². The van der Waals surface area contributed by atoms with Crippen LogP contribution in [0.1, 0.15) is 25.3 Å². The monoisotopic (exact) mass is 584 g/mol. The number of rotatable bonds is 11. The lowest BCUT2D eigenvalue weighted by Crippen LogP contribution is -2.57. The van der Waals surface area contributed by atoms with E-state index in [1.54, 1.807) is 55.0 Å². The first-order valence-corrected chi connectivity index (χ1v) is 14.4. The van der Waals surface area contributed by atoms with Crippen molar-refractivity contribution in [3.63, 3.8) is 0 Å². The number of carbonyl (C=O) groups excluding carboxylic acids is 2. The Kier molecular flexibility index (Phi) is 8.48. The van der Waals surface area contributed by atoms with Gasteiger partial charge in [-0.25, -0.2) is 9.67 Å². The molecule has 10 nitrogen and oxygen atoms in total. The number of amides is 2. The van der Waals surface area contributed by atoms with E-state index in [0.717, 1.165) is 22.5 Å². The van der Waals surface area contributed by atoms with Gasteiger partial charge in [0.1, 0.15) is 34.1 Å². The Labute approximate surface area is 247 Å². The molecule has 1 N–H and O–H groups in total. The Hall–Kier alpha value is -4.77. The van der Waals surface area contributed by atoms with E-state index in [1.165, 1.54) is 11.3 Å². The molecule has 5 rings (SSSR count). The van der Waals surface area contributed by atoms with Crippen molar-refractivity contribution in [3.05, 3.63) is 83.2 Å². The summed E-state index contributed by atoms with van der Waals surface area (Å²) in [5.41, 5.74) is 2.55. The van der Waals surface area contributed by atoms with E-state index < -0.39 is 5.54 Å². The second-order valence-corrected chi connectivity index (χ2v) is 10.8. The summed E-state index contributed by atoms with van der Waals surface area (Å²) in [6.45, 7) is 3.74. The number of anilines is 1. The van der Waals surface area contributed by atoms with E-state index in [1.807, 2.05) is 60.8 Å². The summed E-state index contributed by atoms with van der Waals surface area (Å²) in [6.07, 6.45) is 0.371. The van der Waals surface area contributed by atoms with Crippen LogP contribution in [0.5, 0.6) is 11.5 Å². The first-order valence-electron chi connectivity index (χ1n) is 13.5. The van der Waals surface area contributed by atoms with E-state index in [0.29, 0.717) is 28.4 Å². The zero-order valence-corrected chi connectivity index (χ0v) is 24.7. The average molecular weight is 585 g/mol. The number of benzene rings is 3. The normalized spacial score (nSPS) is 12.5. The predicted octanol–water partition coefficient (Wildman–Crippen LogP) is 5.41. The molecule has 0 fully saturated rings. The van der Waals surface area contributed by atoms with Gasteiger partial charge in [-0.3, -0.25) is 9.59 Å². The first kappa shape index (κ1) is 28.7. The van der Waals surface area contributed by atoms with Crippen molar-refractivity contribution >= 4 is 39.9 Å². The molecule has 0 aliphatic rings. The van der Waals surface area contributed by atoms with Crippen molar-refractivity contribution in [2.45, 2.75) is 38.9 Å². The third-order valence-electron chi connectivity index (χ3n) is 7.36. The Morgan fingerprint density at radius 1 is 0.976 bits per heavy atom. The molecule has 11 heteroatoms. The van der Waals surface area contributed by atoms with Crippen molar-refractivity contribution in [1.29, 1.82) is 0 Å². The van der Waals surface area contributed by atoms with E-state index >= 15 is 0 Å². The lowest BCUT2D eigenvalue weighted by Gasteiger charge is -2.39. The smallest absolute Gasteiger partial charge is 0.250 e. The molecule has 0 spiro atoms. The maximum Gasteiger partial charge on any atom is 0.250 e. The SMILES string of the molecule is CCC(C)(C(=O)Nc1ccc(OC)cc1)N(Cc1nc(-c2ccc(OC)cc2)cs1)C(=O)Cn1nnc2ccccc21. The Bertz CT molecular complexity index is 1680. The highest BCUT2D eigenvalue weighted by Gasteiger charge is 2.41. The lowest BCUT2D eigenvalue weighted by molar-refractivity contribution is -0.146. The number of aromatic nitrogens is 4. The van der Waals surface area contributed by atoms with Crippen molar-refractivity contribution in [1.82, 2.24) is 24.9 Å². The number of carbonyl (C=O) groups is 2. The Balaban J connectivity index is 1.45. The first-order chi connectivity index (χ1) is 20.3. The van der Waals surface area contributed by atoms with Gasteiger partial charge in [0.15, 0.2) is 0 Å². The van der Waals surface area contributed by atoms with Gasteiger partial charge in [-0.05, 0) is 74.0 Å². The summed E-state index contributed by atoms with van der Waals surface area (Å²) in [5, 5.41) is 14.0. The fraction of sp³-hybridized carbons (Fsp3) is 0.258. The highest BCUT2D eigenvalue weighted by atomic mass is 32.1. The maximum absolute atomic E-state index is 14.1. The second-order valence-electron chi connectivity index (χ2n) is 9.88. The van der Waals surface area contributed by atoms with Crippen molar-refractivity contribution < 1.29 is 19.1 Å². The summed E-state index contributed by atoms with van der Waals surface area (Å²) in [4.78, 5) is 34.3. The lowest BCUT2D eigenvalue weighted by atomic mass is 9.94. The molecule has 0 bridgehead atoms. The molecule has 216 valence electrons. The number of methoxy groups -OCH3 is 2. The summed E-state index contributed by atoms with van der Waals surface area (Å²) < 4.78 is 12.1. The molecule has 0 saturated heterocycles. The topological polar surface area (TPSA) is 111 Å². The van der Waals surface area contributed by atoms with Crippen LogP contribution in [0, 0.1) is 0 Å². The van der Waals surface area contributed by atoms with Crippen LogP contribution in [0.25, 0.3) is 22.3 Å². The van der Waals surface area contributed by atoms with Crippen LogP contribution in [0.15, 0.2) is 78.2 Å². The minimum atomic E-state index is -1.20. The van der Waals surface area contributed by atoms with Crippen molar-refractivity contribution in [2.75, 3.05) is 19.5 Å². The number of para-hydroxylation sites is 1. The molecular formula is C31H32N6O4S. The summed E-state index contributed by atoms with van der Waals surface area (Å²) >= 11 is 1.44. The van der Waals surface area contributed by atoms with E-state index in [2.05, 4.69) is 15.6 Å². The van der Waals surface area contributed by atoms with Crippen LogP contribution in [0.2, 0.25) is 0 Å². The molecule has 0 aliphatic carbocycles. The molecule has 5 aromatic rings. The van der Waals surface area contributed by atoms with Gasteiger partial charge < -0.3 is 19.7 Å². The number of nitrogens with one attached hydrogen (secondary N) is 1. The number of fused-ring (bicyclic) bond motifs is 1. The standard InChI is InChI=1S/C31H32N6O4S/c1-5-31(2,30(39)32-22-12-16-24(41-4)17-13-22)36(29(38)19-37-27-9-7-6-8-25(27)34-35-37)18-28-33-26(20-42-28)21-10-14-23(40-3)15-11-21/h6-17,20H,5,18-19H2,1-4H3,(H,32,39). The van der Waals surface area contributed by atoms with Gasteiger partial charge in [-0.2, -0.15) is 0 Å². The minimum absolute atomic E-state index is 0.0807. The third kappa shape index (κ3) is 5.96. The molecule has 0 saturated carbocycles. The number of hydrogen-bond donors (Lipinski definition) is 1. The second kappa shape index (κ2) is 12.4. The zero-order chi connectivity index (χ0) is 29.7. The number of ether oxygens (including phenoxy) is 2. The summed E-state index contributed by atoms with van der Waals surface area (Å²) in [6, 6.07) is 22.2. The highest BCUT2D eigenvalue weighted by molar-refractivity contribution is 7.09. The fourth-order valence-corrected chi connectivity index (χ4v) is 5.40. The predicted molar refractivity (Wildman–Crippen MR) is 162 cm³/mol. The van der Waals surface area contributed by atoms with Crippen LogP contribution < -0.4 is 14.8 Å². The average Bonchev–Trinajstić information content (AvgIpc) is 3.67. The van der Waals surface area contributed by atoms with Crippen molar-refractivity contribution in [3.8, 4) is 22.8 Å². The Morgan fingerprint density at radius 3 is 2.31 bits per heavy atom. The maximum atomic E-state index is 14.1. The number of thiazole rings is 1. The van der Waals surface area contributed by atoms with Gasteiger partial charge in [0.05, 0.1) is 32.0 Å². The Morgan fingerprint density at radius 2 is 1.64 bits per heavy atom. The van der Waals surface area contributed by atoms with E-state index in [-0.39, 0.29) is 24.9 Å². The van der Waals surface area contributed by atoms with Crippen LogP contribution in [-0.4, -0.2) is 56.5 Å². The quantitative estimate of drug-likeness (QED) is 0.221. The zero-order valence-electron chi connectivity index (χ0n) is 23.9. The minimum Gasteiger partial charge on any atom is -0.497 e.